The number of likely N-dealkylation sites (tertiary alicyclic amines) is 1. The third-order valence-corrected chi connectivity index (χ3v) is 11.2. The van der Waals surface area contributed by atoms with Gasteiger partial charge in [-0.1, -0.05) is 30.3 Å². The maximum Gasteiger partial charge on any atom is 0.426 e. The summed E-state index contributed by atoms with van der Waals surface area (Å²) in [5, 5.41) is 18.3. The van der Waals surface area contributed by atoms with E-state index in [-0.39, 0.29) is 23.9 Å². The molecule has 2 fully saturated rings. The SMILES string of the molecule is CN1CCC(n2c([C@@H](Cc3cc(Br)c(O)c(Br)c3)NC(=O)ON3CCC(N4CCc5ccccc5NC4=O)CC3)nc3ccccc32)CC1. The molecule has 49 heavy (non-hydrogen) atoms. The zero-order valence-electron chi connectivity index (χ0n) is 27.4. The smallest absolute Gasteiger partial charge is 0.426 e. The van der Waals surface area contributed by atoms with Crippen LogP contribution in [0.3, 0.4) is 0 Å². The summed E-state index contributed by atoms with van der Waals surface area (Å²) >= 11 is 6.93. The molecule has 0 unspecified atom stereocenters. The lowest BCUT2D eigenvalue weighted by molar-refractivity contribution is -0.120. The van der Waals surface area contributed by atoms with Crippen LogP contribution in [0.1, 0.15) is 54.7 Å². The molecule has 0 radical (unpaired) electrons. The molecule has 0 saturated carbocycles. The van der Waals surface area contributed by atoms with Gasteiger partial charge in [0.25, 0.3) is 0 Å². The molecule has 1 atom stereocenters. The van der Waals surface area contributed by atoms with Crippen molar-refractivity contribution in [3.8, 4) is 5.75 Å². The van der Waals surface area contributed by atoms with E-state index in [1.807, 2.05) is 53.4 Å². The maximum atomic E-state index is 13.7. The lowest BCUT2D eigenvalue weighted by atomic mass is 10.0. The molecule has 3 aromatic carbocycles. The minimum atomic E-state index is -0.551. The fourth-order valence-electron chi connectivity index (χ4n) is 7.39. The second-order valence-corrected chi connectivity index (χ2v) is 15.0. The van der Waals surface area contributed by atoms with E-state index in [9.17, 15) is 14.7 Å². The van der Waals surface area contributed by atoms with Gasteiger partial charge in [-0.2, -0.15) is 0 Å². The summed E-state index contributed by atoms with van der Waals surface area (Å²) in [6, 6.07) is 19.5. The van der Waals surface area contributed by atoms with Crippen molar-refractivity contribution in [2.75, 3.05) is 45.1 Å². The van der Waals surface area contributed by atoms with E-state index in [1.54, 1.807) is 5.06 Å². The fourth-order valence-corrected chi connectivity index (χ4v) is 8.67. The van der Waals surface area contributed by atoms with Crippen molar-refractivity contribution in [1.82, 2.24) is 29.7 Å². The van der Waals surface area contributed by atoms with E-state index in [4.69, 9.17) is 9.82 Å². The lowest BCUT2D eigenvalue weighted by Crippen LogP contribution is -2.49. The molecular weight excluding hydrogens is 754 g/mol. The number of carbonyl (C=O) groups excluding carboxylic acids is 2. The number of halogens is 2. The molecule has 2 saturated heterocycles. The zero-order valence-corrected chi connectivity index (χ0v) is 30.6. The van der Waals surface area contributed by atoms with Crippen LogP contribution in [-0.2, 0) is 17.7 Å². The number of hydrogen-bond donors (Lipinski definition) is 3. The van der Waals surface area contributed by atoms with Crippen LogP contribution in [0.15, 0.2) is 69.6 Å². The van der Waals surface area contributed by atoms with Gasteiger partial charge in [0.15, 0.2) is 0 Å². The number of nitrogens with one attached hydrogen (secondary N) is 2. The topological polar surface area (TPSA) is 115 Å². The van der Waals surface area contributed by atoms with Gasteiger partial charge in [-0.25, -0.2) is 14.6 Å². The highest BCUT2D eigenvalue weighted by atomic mass is 79.9. The Hall–Kier alpha value is -3.65. The number of benzene rings is 3. The number of urea groups is 1. The van der Waals surface area contributed by atoms with Crippen LogP contribution in [0, 0.1) is 0 Å². The average Bonchev–Trinajstić information content (AvgIpc) is 3.39. The van der Waals surface area contributed by atoms with Crippen LogP contribution in [0.2, 0.25) is 0 Å². The van der Waals surface area contributed by atoms with Gasteiger partial charge in [0, 0.05) is 43.8 Å². The molecule has 0 spiro atoms. The number of amides is 3. The van der Waals surface area contributed by atoms with Crippen molar-refractivity contribution in [1.29, 1.82) is 0 Å². The molecule has 4 aromatic rings. The third-order valence-electron chi connectivity index (χ3n) is 10.0. The highest BCUT2D eigenvalue weighted by molar-refractivity contribution is 9.11. The maximum absolute atomic E-state index is 13.7. The average molecular weight is 796 g/mol. The van der Waals surface area contributed by atoms with E-state index in [1.165, 1.54) is 0 Å². The number of aromatic hydroxyl groups is 1. The summed E-state index contributed by atoms with van der Waals surface area (Å²) in [6.07, 6.45) is 4.03. The molecule has 4 heterocycles. The first-order chi connectivity index (χ1) is 23.7. The normalized spacial score (nSPS) is 18.9. The highest BCUT2D eigenvalue weighted by Gasteiger charge is 2.33. The van der Waals surface area contributed by atoms with E-state index in [0.29, 0.717) is 47.8 Å². The molecule has 0 aliphatic carbocycles. The predicted molar refractivity (Wildman–Crippen MR) is 196 cm³/mol. The Morgan fingerprint density at radius 3 is 2.41 bits per heavy atom. The van der Waals surface area contributed by atoms with Gasteiger partial charge >= 0.3 is 12.1 Å². The first kappa shape index (κ1) is 33.8. The first-order valence-corrected chi connectivity index (χ1v) is 18.5. The highest BCUT2D eigenvalue weighted by Crippen LogP contribution is 2.36. The Morgan fingerprint density at radius 1 is 0.980 bits per heavy atom. The number of rotatable bonds is 7. The number of phenols is 1. The molecule has 258 valence electrons. The van der Waals surface area contributed by atoms with Gasteiger partial charge < -0.3 is 34.9 Å². The molecule has 13 heteroatoms. The Kier molecular flexibility index (Phi) is 10.1. The largest absolute Gasteiger partial charge is 0.506 e. The summed E-state index contributed by atoms with van der Waals surface area (Å²) < 4.78 is 3.44. The molecular formula is C36H41Br2N7O4. The molecule has 3 N–H and O–H groups in total. The van der Waals surface area contributed by atoms with Crippen LogP contribution in [0.5, 0.6) is 5.75 Å². The summed E-state index contributed by atoms with van der Waals surface area (Å²) in [7, 11) is 2.15. The molecule has 11 nitrogen and oxygen atoms in total. The number of fused-ring (bicyclic) bond motifs is 2. The number of hydrogen-bond acceptors (Lipinski definition) is 7. The van der Waals surface area contributed by atoms with Crippen LogP contribution in [0.25, 0.3) is 11.0 Å². The summed E-state index contributed by atoms with van der Waals surface area (Å²) in [4.78, 5) is 42.1. The van der Waals surface area contributed by atoms with E-state index in [2.05, 4.69) is 71.1 Å². The van der Waals surface area contributed by atoms with Gasteiger partial charge in [-0.05, 0) is 126 Å². The van der Waals surface area contributed by atoms with Gasteiger partial charge in [0.1, 0.15) is 11.6 Å². The number of para-hydroxylation sites is 3. The van der Waals surface area contributed by atoms with Gasteiger partial charge in [-0.15, -0.1) is 5.06 Å². The minimum Gasteiger partial charge on any atom is -0.506 e. The summed E-state index contributed by atoms with van der Waals surface area (Å²) in [6.45, 7) is 3.66. The van der Waals surface area contributed by atoms with Crippen LogP contribution in [0.4, 0.5) is 15.3 Å². The molecule has 1 aromatic heterocycles. The number of hydroxylamine groups is 2. The van der Waals surface area contributed by atoms with Crippen molar-refractivity contribution < 1.29 is 19.5 Å². The standard InChI is InChI=1S/C36H41Br2N7O4/c1-42-15-11-26(12-16-42)45-32-9-5-4-8-30(32)39-34(45)31(22-23-20-27(37)33(46)28(38)21-23)41-36(48)49-43-17-13-25(14-18-43)44-19-10-24-6-2-3-7-29(24)40-35(44)47/h2-9,20-21,25-26,31,46H,10-19,22H2,1H3,(H,40,47)(H,41,48)/t31-/m1/s1. The van der Waals surface area contributed by atoms with E-state index >= 15 is 0 Å². The predicted octanol–water partition coefficient (Wildman–Crippen LogP) is 7.01. The van der Waals surface area contributed by atoms with Crippen molar-refractivity contribution >= 4 is 60.7 Å². The number of imidazole rings is 1. The van der Waals surface area contributed by atoms with Gasteiger partial charge in [-0.3, -0.25) is 0 Å². The molecule has 0 bridgehead atoms. The van der Waals surface area contributed by atoms with Crippen LogP contribution >= 0.6 is 31.9 Å². The van der Waals surface area contributed by atoms with Crippen LogP contribution in [-0.4, -0.2) is 87.5 Å². The van der Waals surface area contributed by atoms with Gasteiger partial charge in [0.05, 0.1) is 26.0 Å². The monoisotopic (exact) mass is 793 g/mol. The van der Waals surface area contributed by atoms with Crippen molar-refractivity contribution in [2.45, 2.75) is 56.7 Å². The number of anilines is 1. The first-order valence-electron chi connectivity index (χ1n) is 16.9. The molecule has 7 rings (SSSR count). The Bertz CT molecular complexity index is 1810. The number of piperidine rings is 2. The molecule has 3 aliphatic rings. The van der Waals surface area contributed by atoms with E-state index in [0.717, 1.165) is 66.0 Å². The Balaban J connectivity index is 1.08. The summed E-state index contributed by atoms with van der Waals surface area (Å²) in [5.41, 5.74) is 4.85. The number of phenolic OH excluding ortho intramolecular Hbond substituents is 1. The Labute approximate surface area is 302 Å². The van der Waals surface area contributed by atoms with Crippen LogP contribution < -0.4 is 10.6 Å². The third kappa shape index (κ3) is 7.45. The number of nitrogens with zero attached hydrogens (tertiary/aromatic N) is 5. The second-order valence-electron chi connectivity index (χ2n) is 13.2. The van der Waals surface area contributed by atoms with E-state index < -0.39 is 12.1 Å². The summed E-state index contributed by atoms with van der Waals surface area (Å²) in [5.74, 6) is 0.900. The number of aromatic nitrogens is 2. The second kappa shape index (κ2) is 14.7. The zero-order chi connectivity index (χ0) is 34.1. The van der Waals surface area contributed by atoms with Crippen molar-refractivity contribution in [3.05, 3.63) is 86.6 Å². The molecule has 3 aliphatic heterocycles. The minimum absolute atomic E-state index is 0.0609. The number of carbonyl (C=O) groups is 2. The van der Waals surface area contributed by atoms with Crippen molar-refractivity contribution in [3.63, 3.8) is 0 Å². The Morgan fingerprint density at radius 2 is 1.65 bits per heavy atom. The lowest BCUT2D eigenvalue weighted by Gasteiger charge is -2.37. The fraction of sp³-hybridized carbons (Fsp3) is 0.417. The van der Waals surface area contributed by atoms with Gasteiger partial charge in [0.2, 0.25) is 0 Å². The molecule has 3 amide bonds. The van der Waals surface area contributed by atoms with Crippen molar-refractivity contribution in [2.24, 2.45) is 0 Å². The quantitative estimate of drug-likeness (QED) is 0.185.